The molecule has 1 heterocycles. The third-order valence-corrected chi connectivity index (χ3v) is 2.14. The molecule has 0 saturated carbocycles. The van der Waals surface area contributed by atoms with Crippen LogP contribution in [0.15, 0.2) is 46.1 Å². The Kier molecular flexibility index (Phi) is 4.01. The van der Waals surface area contributed by atoms with E-state index in [-0.39, 0.29) is 11.5 Å². The monoisotopic (exact) mass is 257 g/mol. The first kappa shape index (κ1) is 12.5. The number of hydrazone groups is 1. The summed E-state index contributed by atoms with van der Waals surface area (Å²) < 4.78 is 4.30. The maximum atomic E-state index is 11.5. The Labute approximate surface area is 108 Å². The summed E-state index contributed by atoms with van der Waals surface area (Å²) >= 11 is 0. The molecule has 0 aliphatic carbocycles. The van der Waals surface area contributed by atoms with Gasteiger partial charge in [0.25, 0.3) is 5.91 Å². The van der Waals surface area contributed by atoms with Crippen LogP contribution in [0.5, 0.6) is 0 Å². The van der Waals surface area contributed by atoms with Gasteiger partial charge in [-0.05, 0) is 22.0 Å². The Bertz CT molecular complexity index is 604. The van der Waals surface area contributed by atoms with Crippen molar-refractivity contribution < 1.29 is 9.42 Å². The molecule has 7 heteroatoms. The van der Waals surface area contributed by atoms with E-state index in [9.17, 15) is 4.79 Å². The van der Waals surface area contributed by atoms with Crippen molar-refractivity contribution in [2.45, 2.75) is 0 Å². The number of rotatable bonds is 4. The first-order valence-electron chi connectivity index (χ1n) is 5.40. The highest BCUT2D eigenvalue weighted by atomic mass is 16.6. The lowest BCUT2D eigenvalue weighted by atomic mass is 10.2. The molecule has 0 fully saturated rings. The molecule has 0 aliphatic heterocycles. The number of carbonyl (C=O) groups is 1. The Morgan fingerprint density at radius 1 is 1.32 bits per heavy atom. The molecule has 1 amide bonds. The number of anilines is 1. The number of nitrogens with zero attached hydrogens (tertiary/aromatic N) is 3. The normalized spacial score (nSPS) is 11.2. The van der Waals surface area contributed by atoms with E-state index in [0.29, 0.717) is 0 Å². The smallest absolute Gasteiger partial charge is 0.297 e. The fourth-order valence-corrected chi connectivity index (χ4v) is 1.26. The highest BCUT2D eigenvalue weighted by Crippen LogP contribution is 2.03. The SMILES string of the molecule is Nc1nonc1C(=O)NN=CC=Cc1ccccc1. The zero-order valence-corrected chi connectivity index (χ0v) is 9.85. The van der Waals surface area contributed by atoms with Crippen LogP contribution in [0.4, 0.5) is 5.82 Å². The minimum absolute atomic E-state index is 0.0764. The van der Waals surface area contributed by atoms with Gasteiger partial charge < -0.3 is 5.73 Å². The summed E-state index contributed by atoms with van der Waals surface area (Å²) in [7, 11) is 0. The number of hydrogen-bond acceptors (Lipinski definition) is 6. The number of nitrogens with one attached hydrogen (secondary N) is 1. The van der Waals surface area contributed by atoms with E-state index in [0.717, 1.165) is 5.56 Å². The number of nitrogens with two attached hydrogens (primary N) is 1. The van der Waals surface area contributed by atoms with Gasteiger partial charge in [0.05, 0.1) is 0 Å². The molecule has 7 nitrogen and oxygen atoms in total. The van der Waals surface area contributed by atoms with E-state index in [1.165, 1.54) is 6.21 Å². The van der Waals surface area contributed by atoms with Crippen LogP contribution in [-0.2, 0) is 0 Å². The quantitative estimate of drug-likeness (QED) is 0.629. The molecule has 3 N–H and O–H groups in total. The van der Waals surface area contributed by atoms with Crippen LogP contribution in [0.25, 0.3) is 6.08 Å². The standard InChI is InChI=1S/C12H11N5O2/c13-11-10(16-19-17-11)12(18)15-14-8-4-7-9-5-2-1-3-6-9/h1-8H,(H2,13,17)(H,15,18). The third kappa shape index (κ3) is 3.50. The Balaban J connectivity index is 1.86. The van der Waals surface area contributed by atoms with Gasteiger partial charge in [-0.1, -0.05) is 36.4 Å². The van der Waals surface area contributed by atoms with Crippen LogP contribution in [0, 0.1) is 0 Å². The van der Waals surface area contributed by atoms with Gasteiger partial charge in [-0.2, -0.15) is 5.10 Å². The molecule has 0 bridgehead atoms. The van der Waals surface area contributed by atoms with Crippen molar-refractivity contribution in [2.24, 2.45) is 5.10 Å². The summed E-state index contributed by atoms with van der Waals surface area (Å²) in [5.41, 5.74) is 8.54. The number of hydrogen-bond donors (Lipinski definition) is 2. The zero-order chi connectivity index (χ0) is 13.5. The largest absolute Gasteiger partial charge is 0.379 e. The molecule has 1 aromatic carbocycles. The van der Waals surface area contributed by atoms with E-state index in [1.54, 1.807) is 6.08 Å². The predicted molar refractivity (Wildman–Crippen MR) is 70.1 cm³/mol. The molecule has 96 valence electrons. The van der Waals surface area contributed by atoms with Crippen molar-refractivity contribution >= 4 is 24.0 Å². The van der Waals surface area contributed by atoms with Gasteiger partial charge in [-0.25, -0.2) is 10.1 Å². The van der Waals surface area contributed by atoms with E-state index < -0.39 is 5.91 Å². The van der Waals surface area contributed by atoms with Crippen molar-refractivity contribution in [3.05, 3.63) is 47.7 Å². The molecule has 0 saturated heterocycles. The van der Waals surface area contributed by atoms with Gasteiger partial charge in [0.1, 0.15) is 0 Å². The average Bonchev–Trinajstić information content (AvgIpc) is 2.86. The summed E-state index contributed by atoms with van der Waals surface area (Å²) in [5, 5.41) is 10.3. The first-order chi connectivity index (χ1) is 9.27. The third-order valence-electron chi connectivity index (χ3n) is 2.14. The van der Waals surface area contributed by atoms with Crippen LogP contribution >= 0.6 is 0 Å². The molecule has 0 aliphatic rings. The number of benzene rings is 1. The van der Waals surface area contributed by atoms with Crippen LogP contribution in [0.2, 0.25) is 0 Å². The van der Waals surface area contributed by atoms with Crippen LogP contribution in [0.1, 0.15) is 16.1 Å². The highest BCUT2D eigenvalue weighted by molar-refractivity contribution is 5.96. The van der Waals surface area contributed by atoms with Gasteiger partial charge in [0, 0.05) is 6.21 Å². The van der Waals surface area contributed by atoms with Gasteiger partial charge in [-0.15, -0.1) is 0 Å². The van der Waals surface area contributed by atoms with Crippen LogP contribution in [-0.4, -0.2) is 22.4 Å². The van der Waals surface area contributed by atoms with Crippen molar-refractivity contribution in [3.63, 3.8) is 0 Å². The molecule has 1 aromatic heterocycles. The summed E-state index contributed by atoms with van der Waals surface area (Å²) in [5.74, 6) is -0.657. The van der Waals surface area contributed by atoms with E-state index in [2.05, 4.69) is 25.5 Å². The number of aromatic nitrogens is 2. The average molecular weight is 257 g/mol. The highest BCUT2D eigenvalue weighted by Gasteiger charge is 2.14. The molecule has 0 unspecified atom stereocenters. The zero-order valence-electron chi connectivity index (χ0n) is 9.85. The Morgan fingerprint density at radius 3 is 2.79 bits per heavy atom. The van der Waals surface area contributed by atoms with Gasteiger partial charge >= 0.3 is 0 Å². The molecule has 2 aromatic rings. The van der Waals surface area contributed by atoms with Gasteiger partial charge in [-0.3, -0.25) is 4.79 Å². The fourth-order valence-electron chi connectivity index (χ4n) is 1.26. The van der Waals surface area contributed by atoms with Gasteiger partial charge in [0.2, 0.25) is 11.5 Å². The number of carbonyl (C=O) groups excluding carboxylic acids is 1. The van der Waals surface area contributed by atoms with Crippen molar-refractivity contribution in [1.82, 2.24) is 15.7 Å². The maximum Gasteiger partial charge on any atom is 0.297 e. The second-order valence-electron chi connectivity index (χ2n) is 3.49. The Hall–Kier alpha value is -2.96. The molecule has 2 rings (SSSR count). The number of amides is 1. The van der Waals surface area contributed by atoms with Crippen LogP contribution < -0.4 is 11.2 Å². The topological polar surface area (TPSA) is 106 Å². The lowest BCUT2D eigenvalue weighted by Crippen LogP contribution is -2.19. The molecule has 0 spiro atoms. The summed E-state index contributed by atoms with van der Waals surface area (Å²) in [6.45, 7) is 0. The van der Waals surface area contributed by atoms with Crippen molar-refractivity contribution in [2.75, 3.05) is 5.73 Å². The van der Waals surface area contributed by atoms with E-state index >= 15 is 0 Å². The lowest BCUT2D eigenvalue weighted by molar-refractivity contribution is 0.0946. The minimum Gasteiger partial charge on any atom is -0.379 e. The van der Waals surface area contributed by atoms with Crippen molar-refractivity contribution in [3.8, 4) is 0 Å². The predicted octanol–water partition coefficient (Wildman–Crippen LogP) is 1.08. The first-order valence-corrected chi connectivity index (χ1v) is 5.40. The molecular weight excluding hydrogens is 246 g/mol. The molecule has 19 heavy (non-hydrogen) atoms. The molecule has 0 radical (unpaired) electrons. The van der Waals surface area contributed by atoms with Crippen LogP contribution in [0.3, 0.4) is 0 Å². The van der Waals surface area contributed by atoms with Crippen molar-refractivity contribution in [1.29, 1.82) is 0 Å². The molecular formula is C12H11N5O2. The minimum atomic E-state index is -0.580. The number of allylic oxidation sites excluding steroid dienone is 1. The second kappa shape index (κ2) is 6.10. The second-order valence-corrected chi connectivity index (χ2v) is 3.49. The lowest BCUT2D eigenvalue weighted by Gasteiger charge is -1.93. The Morgan fingerprint density at radius 2 is 2.11 bits per heavy atom. The molecule has 0 atom stereocenters. The van der Waals surface area contributed by atoms with Gasteiger partial charge in [0.15, 0.2) is 0 Å². The summed E-state index contributed by atoms with van der Waals surface area (Å²) in [6, 6.07) is 9.69. The van der Waals surface area contributed by atoms with E-state index in [4.69, 9.17) is 5.73 Å². The van der Waals surface area contributed by atoms with E-state index in [1.807, 2.05) is 36.4 Å². The summed E-state index contributed by atoms with van der Waals surface area (Å²) in [4.78, 5) is 11.5. The maximum absolute atomic E-state index is 11.5. The number of nitrogen functional groups attached to an aromatic ring is 1. The fraction of sp³-hybridized carbons (Fsp3) is 0. The summed E-state index contributed by atoms with van der Waals surface area (Å²) in [6.07, 6.45) is 4.98.